The number of primary amides is 1. The van der Waals surface area contributed by atoms with Crippen molar-refractivity contribution in [1.29, 1.82) is 0 Å². The van der Waals surface area contributed by atoms with Crippen LogP contribution >= 0.6 is 0 Å². The van der Waals surface area contributed by atoms with E-state index in [1.165, 1.54) is 25.7 Å². The number of hydrogen-bond acceptors (Lipinski definition) is 2. The SMILES string of the molecule is CC1(CNC(=O)C2CCCN(C(N)=O)C2)CCCC1. The third kappa shape index (κ3) is 3.61. The highest BCUT2D eigenvalue weighted by atomic mass is 16.2. The first kappa shape index (κ1) is 14.2. The maximum absolute atomic E-state index is 12.2. The van der Waals surface area contributed by atoms with Gasteiger partial charge in [0.05, 0.1) is 5.92 Å². The van der Waals surface area contributed by atoms with E-state index in [4.69, 9.17) is 5.73 Å². The molecule has 5 nitrogen and oxygen atoms in total. The Morgan fingerprint density at radius 2 is 2.00 bits per heavy atom. The molecule has 0 aromatic heterocycles. The zero-order valence-corrected chi connectivity index (χ0v) is 11.8. The fourth-order valence-electron chi connectivity index (χ4n) is 3.24. The van der Waals surface area contributed by atoms with Crippen molar-refractivity contribution in [3.05, 3.63) is 0 Å². The summed E-state index contributed by atoms with van der Waals surface area (Å²) >= 11 is 0. The van der Waals surface area contributed by atoms with E-state index < -0.39 is 6.03 Å². The van der Waals surface area contributed by atoms with Crippen LogP contribution in [0, 0.1) is 11.3 Å². The lowest BCUT2D eigenvalue weighted by molar-refractivity contribution is -0.126. The van der Waals surface area contributed by atoms with Crippen molar-refractivity contribution in [3.8, 4) is 0 Å². The Morgan fingerprint density at radius 3 is 2.63 bits per heavy atom. The van der Waals surface area contributed by atoms with Gasteiger partial charge in [-0.05, 0) is 31.1 Å². The van der Waals surface area contributed by atoms with Gasteiger partial charge in [-0.25, -0.2) is 4.79 Å². The Labute approximate surface area is 114 Å². The average Bonchev–Trinajstić information content (AvgIpc) is 2.83. The average molecular weight is 267 g/mol. The Kier molecular flexibility index (Phi) is 4.32. The third-order valence-electron chi connectivity index (χ3n) is 4.60. The van der Waals surface area contributed by atoms with Crippen molar-refractivity contribution in [2.45, 2.75) is 45.4 Å². The predicted octanol–water partition coefficient (Wildman–Crippen LogP) is 1.47. The van der Waals surface area contributed by atoms with E-state index in [1.54, 1.807) is 4.90 Å². The minimum absolute atomic E-state index is 0.0825. The molecule has 2 fully saturated rings. The van der Waals surface area contributed by atoms with Crippen molar-refractivity contribution in [1.82, 2.24) is 10.2 Å². The third-order valence-corrected chi connectivity index (χ3v) is 4.60. The first-order valence-corrected chi connectivity index (χ1v) is 7.32. The minimum atomic E-state index is -0.416. The largest absolute Gasteiger partial charge is 0.355 e. The van der Waals surface area contributed by atoms with Crippen LogP contribution in [0.3, 0.4) is 0 Å². The van der Waals surface area contributed by atoms with Gasteiger partial charge >= 0.3 is 6.03 Å². The molecule has 0 radical (unpaired) electrons. The smallest absolute Gasteiger partial charge is 0.314 e. The van der Waals surface area contributed by atoms with Crippen molar-refractivity contribution < 1.29 is 9.59 Å². The summed E-state index contributed by atoms with van der Waals surface area (Å²) in [5.41, 5.74) is 5.55. The van der Waals surface area contributed by atoms with Crippen LogP contribution < -0.4 is 11.1 Å². The van der Waals surface area contributed by atoms with Crippen LogP contribution in [0.25, 0.3) is 0 Å². The summed E-state index contributed by atoms with van der Waals surface area (Å²) < 4.78 is 0. The van der Waals surface area contributed by atoms with Gasteiger partial charge in [0.15, 0.2) is 0 Å². The summed E-state index contributed by atoms with van der Waals surface area (Å²) in [5.74, 6) is -0.00896. The Balaban J connectivity index is 1.80. The number of piperidine rings is 1. The van der Waals surface area contributed by atoms with E-state index >= 15 is 0 Å². The van der Waals surface area contributed by atoms with Gasteiger partial charge in [-0.2, -0.15) is 0 Å². The molecule has 108 valence electrons. The maximum atomic E-state index is 12.2. The second kappa shape index (κ2) is 5.80. The normalized spacial score (nSPS) is 26.2. The molecule has 1 saturated carbocycles. The van der Waals surface area contributed by atoms with Crippen LogP contribution in [-0.2, 0) is 4.79 Å². The molecule has 1 aliphatic heterocycles. The fourth-order valence-corrected chi connectivity index (χ4v) is 3.24. The summed E-state index contributed by atoms with van der Waals surface area (Å²) in [6.45, 7) is 4.16. The predicted molar refractivity (Wildman–Crippen MR) is 73.5 cm³/mol. The molecule has 1 atom stereocenters. The van der Waals surface area contributed by atoms with Crippen molar-refractivity contribution in [3.63, 3.8) is 0 Å². The molecule has 0 aromatic rings. The number of nitrogens with one attached hydrogen (secondary N) is 1. The summed E-state index contributed by atoms with van der Waals surface area (Å²) in [6, 6.07) is -0.416. The van der Waals surface area contributed by atoms with Crippen LogP contribution in [0.2, 0.25) is 0 Å². The molecule has 2 rings (SSSR count). The maximum Gasteiger partial charge on any atom is 0.314 e. The van der Waals surface area contributed by atoms with Crippen molar-refractivity contribution in [2.75, 3.05) is 19.6 Å². The topological polar surface area (TPSA) is 75.4 Å². The monoisotopic (exact) mass is 267 g/mol. The van der Waals surface area contributed by atoms with Crippen LogP contribution in [0.1, 0.15) is 45.4 Å². The van der Waals surface area contributed by atoms with Crippen LogP contribution in [0.15, 0.2) is 0 Å². The highest BCUT2D eigenvalue weighted by molar-refractivity contribution is 5.80. The summed E-state index contributed by atoms with van der Waals surface area (Å²) in [7, 11) is 0. The van der Waals surface area contributed by atoms with E-state index in [0.717, 1.165) is 19.4 Å². The molecule has 0 aromatic carbocycles. The number of likely N-dealkylation sites (tertiary alicyclic amines) is 1. The number of carbonyl (C=O) groups excluding carboxylic acids is 2. The molecular weight excluding hydrogens is 242 g/mol. The number of nitrogens with two attached hydrogens (primary N) is 1. The van der Waals surface area contributed by atoms with Gasteiger partial charge in [-0.1, -0.05) is 19.8 Å². The van der Waals surface area contributed by atoms with Crippen LogP contribution in [0.5, 0.6) is 0 Å². The highest BCUT2D eigenvalue weighted by Gasteiger charge is 2.31. The van der Waals surface area contributed by atoms with Crippen molar-refractivity contribution in [2.24, 2.45) is 17.1 Å². The lowest BCUT2D eigenvalue weighted by atomic mass is 9.88. The van der Waals surface area contributed by atoms with Crippen molar-refractivity contribution >= 4 is 11.9 Å². The van der Waals surface area contributed by atoms with Gasteiger partial charge in [-0.15, -0.1) is 0 Å². The number of nitrogens with zero attached hydrogens (tertiary/aromatic N) is 1. The van der Waals surface area contributed by atoms with Crippen LogP contribution in [-0.4, -0.2) is 36.5 Å². The fraction of sp³-hybridized carbons (Fsp3) is 0.857. The first-order valence-electron chi connectivity index (χ1n) is 7.32. The number of urea groups is 1. The zero-order valence-electron chi connectivity index (χ0n) is 11.8. The molecule has 0 spiro atoms. The Bertz CT molecular complexity index is 351. The molecule has 2 aliphatic rings. The van der Waals surface area contributed by atoms with Gasteiger partial charge in [0.1, 0.15) is 0 Å². The van der Waals surface area contributed by atoms with E-state index in [9.17, 15) is 9.59 Å². The van der Waals surface area contributed by atoms with E-state index in [1.807, 2.05) is 0 Å². The lowest BCUT2D eigenvalue weighted by Crippen LogP contribution is -2.48. The summed E-state index contributed by atoms with van der Waals surface area (Å²) in [4.78, 5) is 24.9. The second-order valence-electron chi connectivity index (χ2n) is 6.36. The van der Waals surface area contributed by atoms with E-state index in [2.05, 4.69) is 12.2 Å². The molecule has 5 heteroatoms. The number of carbonyl (C=O) groups is 2. The summed E-state index contributed by atoms with van der Waals surface area (Å²) in [6.07, 6.45) is 6.65. The second-order valence-corrected chi connectivity index (χ2v) is 6.36. The van der Waals surface area contributed by atoms with Gasteiger partial charge in [0, 0.05) is 19.6 Å². The molecular formula is C14H25N3O2. The molecule has 3 amide bonds. The van der Waals surface area contributed by atoms with Gasteiger partial charge in [0.25, 0.3) is 0 Å². The quantitative estimate of drug-likeness (QED) is 0.812. The highest BCUT2D eigenvalue weighted by Crippen LogP contribution is 2.36. The molecule has 1 unspecified atom stereocenters. The first-order chi connectivity index (χ1) is 9.00. The Morgan fingerprint density at radius 1 is 1.32 bits per heavy atom. The van der Waals surface area contributed by atoms with E-state index in [-0.39, 0.29) is 17.2 Å². The molecule has 19 heavy (non-hydrogen) atoms. The molecule has 3 N–H and O–H groups in total. The molecule has 1 heterocycles. The lowest BCUT2D eigenvalue weighted by Gasteiger charge is -2.32. The standard InChI is InChI=1S/C14H25N3O2/c1-14(6-2-3-7-14)10-16-12(18)11-5-4-8-17(9-11)13(15)19/h11H,2-10H2,1H3,(H2,15,19)(H,16,18). The van der Waals surface area contributed by atoms with Crippen LogP contribution in [0.4, 0.5) is 4.79 Å². The number of rotatable bonds is 3. The number of amides is 3. The zero-order chi connectivity index (χ0) is 13.9. The number of hydrogen-bond donors (Lipinski definition) is 2. The van der Waals surface area contributed by atoms with Gasteiger partial charge in [-0.3, -0.25) is 4.79 Å². The molecule has 1 aliphatic carbocycles. The van der Waals surface area contributed by atoms with Gasteiger partial charge < -0.3 is 16.0 Å². The van der Waals surface area contributed by atoms with E-state index in [0.29, 0.717) is 13.1 Å². The Hall–Kier alpha value is -1.26. The molecule has 0 bridgehead atoms. The van der Waals surface area contributed by atoms with Gasteiger partial charge in [0.2, 0.25) is 5.91 Å². The molecule has 1 saturated heterocycles. The summed E-state index contributed by atoms with van der Waals surface area (Å²) in [5, 5.41) is 3.08. The minimum Gasteiger partial charge on any atom is -0.355 e.